The van der Waals surface area contributed by atoms with Gasteiger partial charge in [0, 0.05) is 9.79 Å². The molecular formula is C19H21NO4S2. The van der Waals surface area contributed by atoms with Crippen molar-refractivity contribution < 1.29 is 19.4 Å². The lowest BCUT2D eigenvalue weighted by molar-refractivity contribution is -0.137. The van der Waals surface area contributed by atoms with Gasteiger partial charge in [-0.2, -0.15) is 0 Å². The molecule has 0 fully saturated rings. The lowest BCUT2D eigenvalue weighted by Gasteiger charge is -2.18. The minimum Gasteiger partial charge on any atom is -0.497 e. The molecule has 0 heterocycles. The molecule has 0 saturated heterocycles. The summed E-state index contributed by atoms with van der Waals surface area (Å²) in [7, 11) is 1.59. The van der Waals surface area contributed by atoms with Crippen LogP contribution in [-0.4, -0.2) is 36.1 Å². The number of aliphatic carboxylic acids is 1. The average Bonchev–Trinajstić information content (AvgIpc) is 2.65. The van der Waals surface area contributed by atoms with Crippen LogP contribution in [0.25, 0.3) is 0 Å². The fourth-order valence-corrected chi connectivity index (χ4v) is 3.50. The number of methoxy groups -OCH3 is 1. The molecule has 1 atom stereocenters. The Morgan fingerprint density at radius 3 is 2.50 bits per heavy atom. The normalized spacial score (nSPS) is 11.6. The number of carbonyl (C=O) groups excluding carboxylic acids is 1. The van der Waals surface area contributed by atoms with Gasteiger partial charge < -0.3 is 15.2 Å². The fourth-order valence-electron chi connectivity index (χ4n) is 2.34. The van der Waals surface area contributed by atoms with Crippen molar-refractivity contribution in [1.82, 2.24) is 5.32 Å². The van der Waals surface area contributed by atoms with E-state index >= 15 is 0 Å². The Morgan fingerprint density at radius 1 is 1.15 bits per heavy atom. The maximum absolute atomic E-state index is 12.3. The zero-order valence-electron chi connectivity index (χ0n) is 14.6. The minimum absolute atomic E-state index is 0.159. The van der Waals surface area contributed by atoms with Crippen LogP contribution in [0.1, 0.15) is 18.0 Å². The summed E-state index contributed by atoms with van der Waals surface area (Å²) >= 11 is 2.99. The van der Waals surface area contributed by atoms with Gasteiger partial charge in [0.05, 0.1) is 25.3 Å². The van der Waals surface area contributed by atoms with E-state index in [9.17, 15) is 9.59 Å². The van der Waals surface area contributed by atoms with Crippen LogP contribution >= 0.6 is 23.5 Å². The number of nitrogens with one attached hydrogen (secondary N) is 1. The Balaban J connectivity index is 1.99. The maximum atomic E-state index is 12.3. The van der Waals surface area contributed by atoms with Gasteiger partial charge in [0.25, 0.3) is 0 Å². The van der Waals surface area contributed by atoms with Crippen LogP contribution in [0.5, 0.6) is 5.75 Å². The molecule has 26 heavy (non-hydrogen) atoms. The predicted octanol–water partition coefficient (Wildman–Crippen LogP) is 3.84. The first kappa shape index (κ1) is 20.2. The summed E-state index contributed by atoms with van der Waals surface area (Å²) in [6, 6.07) is 14.5. The number of benzene rings is 2. The van der Waals surface area contributed by atoms with Gasteiger partial charge in [-0.15, -0.1) is 23.5 Å². The summed E-state index contributed by atoms with van der Waals surface area (Å²) in [4.78, 5) is 25.5. The third-order valence-corrected chi connectivity index (χ3v) is 5.38. The molecule has 2 aromatic rings. The number of thioether (sulfide) groups is 2. The van der Waals surface area contributed by atoms with Crippen molar-refractivity contribution >= 4 is 35.4 Å². The van der Waals surface area contributed by atoms with E-state index in [-0.39, 0.29) is 18.1 Å². The molecule has 1 amide bonds. The predicted molar refractivity (Wildman–Crippen MR) is 105 cm³/mol. The Morgan fingerprint density at radius 2 is 1.88 bits per heavy atom. The molecule has 0 bridgehead atoms. The average molecular weight is 392 g/mol. The molecule has 0 aromatic heterocycles. The third-order valence-electron chi connectivity index (χ3n) is 3.64. The highest BCUT2D eigenvalue weighted by Crippen LogP contribution is 2.24. The molecule has 2 rings (SSSR count). The van der Waals surface area contributed by atoms with E-state index in [1.54, 1.807) is 18.9 Å². The SMILES string of the molecule is COc1cccc(SCC(=O)NC(CC(=O)O)c2ccc(SC)cc2)c1. The van der Waals surface area contributed by atoms with E-state index in [1.165, 1.54) is 11.8 Å². The van der Waals surface area contributed by atoms with Gasteiger partial charge in [-0.05, 0) is 42.2 Å². The number of amides is 1. The number of hydrogen-bond donors (Lipinski definition) is 2. The van der Waals surface area contributed by atoms with E-state index in [4.69, 9.17) is 9.84 Å². The van der Waals surface area contributed by atoms with Gasteiger partial charge in [-0.3, -0.25) is 9.59 Å². The van der Waals surface area contributed by atoms with Crippen molar-refractivity contribution in [2.45, 2.75) is 22.3 Å². The highest BCUT2D eigenvalue weighted by Gasteiger charge is 2.18. The molecule has 2 N–H and O–H groups in total. The van der Waals surface area contributed by atoms with Crippen LogP contribution < -0.4 is 10.1 Å². The maximum Gasteiger partial charge on any atom is 0.305 e. The van der Waals surface area contributed by atoms with Crippen LogP contribution in [0.15, 0.2) is 58.3 Å². The van der Waals surface area contributed by atoms with E-state index in [2.05, 4.69) is 5.32 Å². The lowest BCUT2D eigenvalue weighted by atomic mass is 10.0. The summed E-state index contributed by atoms with van der Waals surface area (Å²) in [5, 5.41) is 12.0. The van der Waals surface area contributed by atoms with Crippen molar-refractivity contribution in [2.75, 3.05) is 19.1 Å². The molecule has 0 aliphatic heterocycles. The number of hydrogen-bond acceptors (Lipinski definition) is 5. The van der Waals surface area contributed by atoms with Crippen molar-refractivity contribution in [3.05, 3.63) is 54.1 Å². The quantitative estimate of drug-likeness (QED) is 0.633. The Bertz CT molecular complexity index is 749. The summed E-state index contributed by atoms with van der Waals surface area (Å²) in [6.45, 7) is 0. The Labute approximate surface area is 161 Å². The number of carboxylic acids is 1. The van der Waals surface area contributed by atoms with Crippen LogP contribution in [-0.2, 0) is 9.59 Å². The summed E-state index contributed by atoms with van der Waals surface area (Å²) in [6.07, 6.45) is 1.81. The standard InChI is InChI=1S/C19H21NO4S2/c1-24-14-4-3-5-16(10-14)26-12-18(21)20-17(11-19(22)23)13-6-8-15(25-2)9-7-13/h3-10,17H,11-12H2,1-2H3,(H,20,21)(H,22,23). The molecule has 7 heteroatoms. The van der Waals surface area contributed by atoms with Gasteiger partial charge in [-0.25, -0.2) is 0 Å². The van der Waals surface area contributed by atoms with Crippen LogP contribution in [0.2, 0.25) is 0 Å². The zero-order valence-corrected chi connectivity index (χ0v) is 16.2. The molecule has 0 aliphatic rings. The molecule has 0 aliphatic carbocycles. The number of carboxylic acid groups (broad SMARTS) is 1. The summed E-state index contributed by atoms with van der Waals surface area (Å²) < 4.78 is 5.17. The Hall–Kier alpha value is -2.12. The molecule has 0 saturated carbocycles. The molecule has 2 aromatic carbocycles. The monoisotopic (exact) mass is 391 g/mol. The van der Waals surface area contributed by atoms with Crippen molar-refractivity contribution in [2.24, 2.45) is 0 Å². The first-order valence-electron chi connectivity index (χ1n) is 7.93. The van der Waals surface area contributed by atoms with Crippen LogP contribution in [0, 0.1) is 0 Å². The smallest absolute Gasteiger partial charge is 0.305 e. The molecular weight excluding hydrogens is 370 g/mol. The third kappa shape index (κ3) is 6.31. The highest BCUT2D eigenvalue weighted by atomic mass is 32.2. The van der Waals surface area contributed by atoms with Crippen molar-refractivity contribution in [3.8, 4) is 5.75 Å². The van der Waals surface area contributed by atoms with Gasteiger partial charge >= 0.3 is 5.97 Å². The fraction of sp³-hybridized carbons (Fsp3) is 0.263. The highest BCUT2D eigenvalue weighted by molar-refractivity contribution is 8.00. The second kappa shape index (κ2) is 10.1. The largest absolute Gasteiger partial charge is 0.497 e. The minimum atomic E-state index is -0.954. The first-order valence-corrected chi connectivity index (χ1v) is 10.1. The first-order chi connectivity index (χ1) is 12.5. The molecule has 138 valence electrons. The molecule has 1 unspecified atom stereocenters. The van der Waals surface area contributed by atoms with Gasteiger partial charge in [0.15, 0.2) is 0 Å². The van der Waals surface area contributed by atoms with Gasteiger partial charge in [0.1, 0.15) is 5.75 Å². The van der Waals surface area contributed by atoms with Crippen LogP contribution in [0.3, 0.4) is 0 Å². The second-order valence-electron chi connectivity index (χ2n) is 5.46. The number of carbonyl (C=O) groups is 2. The summed E-state index contributed by atoms with van der Waals surface area (Å²) in [5.74, 6) is -0.234. The molecule has 0 spiro atoms. The lowest BCUT2D eigenvalue weighted by Crippen LogP contribution is -2.31. The topological polar surface area (TPSA) is 75.6 Å². The Kier molecular flexibility index (Phi) is 7.87. The van der Waals surface area contributed by atoms with Crippen molar-refractivity contribution in [1.29, 1.82) is 0 Å². The van der Waals surface area contributed by atoms with E-state index in [0.717, 1.165) is 21.1 Å². The summed E-state index contributed by atoms with van der Waals surface area (Å²) in [5.41, 5.74) is 0.782. The van der Waals surface area contributed by atoms with Gasteiger partial charge in [-0.1, -0.05) is 18.2 Å². The number of rotatable bonds is 9. The second-order valence-corrected chi connectivity index (χ2v) is 7.39. The molecule has 5 nitrogen and oxygen atoms in total. The van der Waals surface area contributed by atoms with Crippen LogP contribution in [0.4, 0.5) is 0 Å². The van der Waals surface area contributed by atoms with Crippen molar-refractivity contribution in [3.63, 3.8) is 0 Å². The number of ether oxygens (including phenoxy) is 1. The van der Waals surface area contributed by atoms with Gasteiger partial charge in [0.2, 0.25) is 5.91 Å². The van der Waals surface area contributed by atoms with E-state index in [1.807, 2.05) is 54.8 Å². The van der Waals surface area contributed by atoms with E-state index < -0.39 is 12.0 Å². The molecule has 0 radical (unpaired) electrons. The zero-order chi connectivity index (χ0) is 18.9. The van der Waals surface area contributed by atoms with E-state index in [0.29, 0.717) is 0 Å².